The zero-order chi connectivity index (χ0) is 24.0. The van der Waals surface area contributed by atoms with Crippen molar-refractivity contribution in [3.8, 4) is 0 Å². The Labute approximate surface area is 209 Å². The van der Waals surface area contributed by atoms with Crippen LogP contribution in [0.15, 0.2) is 101 Å². The Hall–Kier alpha value is -3.59. The monoisotopic (exact) mass is 514 g/mol. The van der Waals surface area contributed by atoms with Crippen LogP contribution in [0.25, 0.3) is 30.3 Å². The lowest BCUT2D eigenvalue weighted by Gasteiger charge is -2.08. The lowest BCUT2D eigenvalue weighted by molar-refractivity contribution is 0.0955. The van der Waals surface area contributed by atoms with Gasteiger partial charge in [-0.15, -0.1) is 22.7 Å². The van der Waals surface area contributed by atoms with Crippen molar-refractivity contribution >= 4 is 68.7 Å². The highest BCUT2D eigenvalue weighted by molar-refractivity contribution is 7.92. The number of rotatable bonds is 5. The van der Waals surface area contributed by atoms with Gasteiger partial charge in [-0.1, -0.05) is 42.5 Å². The summed E-state index contributed by atoms with van der Waals surface area (Å²) in [5.41, 5.74) is 0.820. The minimum Gasteiger partial charge on any atom is -0.347 e. The maximum absolute atomic E-state index is 13.5. The number of nitrogens with one attached hydrogen (secondary N) is 1. The third kappa shape index (κ3) is 3.89. The Bertz CT molecular complexity index is 1800. The van der Waals surface area contributed by atoms with Crippen molar-refractivity contribution in [2.24, 2.45) is 0 Å². The number of pyridine rings is 1. The first-order valence-corrected chi connectivity index (χ1v) is 14.0. The van der Waals surface area contributed by atoms with Gasteiger partial charge in [0.2, 0.25) is 9.84 Å². The van der Waals surface area contributed by atoms with Crippen LogP contribution in [0.5, 0.6) is 0 Å². The van der Waals surface area contributed by atoms with Crippen LogP contribution in [0.1, 0.15) is 15.2 Å². The largest absolute Gasteiger partial charge is 0.347 e. The summed E-state index contributed by atoms with van der Waals surface area (Å²) in [7, 11) is -3.70. The van der Waals surface area contributed by atoms with Crippen molar-refractivity contribution in [3.05, 3.63) is 102 Å². The van der Waals surface area contributed by atoms with Crippen LogP contribution in [0, 0.1) is 0 Å². The summed E-state index contributed by atoms with van der Waals surface area (Å²) in [6.07, 6.45) is 3.45. The number of fused-ring (bicyclic) bond motifs is 4. The van der Waals surface area contributed by atoms with Gasteiger partial charge in [-0.3, -0.25) is 9.78 Å². The fraction of sp³-hybridized carbons (Fsp3) is 0.0370. The topological polar surface area (TPSA) is 76.1 Å². The minimum atomic E-state index is -3.70. The quantitative estimate of drug-likeness (QED) is 0.288. The molecule has 35 heavy (non-hydrogen) atoms. The number of nitrogens with zero attached hydrogens (tertiary/aromatic N) is 1. The first-order chi connectivity index (χ1) is 17.0. The van der Waals surface area contributed by atoms with E-state index < -0.39 is 9.84 Å². The van der Waals surface area contributed by atoms with Crippen molar-refractivity contribution in [2.75, 3.05) is 0 Å². The molecule has 1 amide bonds. The van der Waals surface area contributed by atoms with E-state index in [4.69, 9.17) is 0 Å². The molecule has 1 N–H and O–H groups in total. The summed E-state index contributed by atoms with van der Waals surface area (Å²) >= 11 is 2.89. The number of thiophene rings is 2. The molecule has 172 valence electrons. The molecule has 0 fully saturated rings. The summed E-state index contributed by atoms with van der Waals surface area (Å²) in [4.78, 5) is 17.8. The smallest absolute Gasteiger partial charge is 0.261 e. The predicted molar refractivity (Wildman–Crippen MR) is 142 cm³/mol. The van der Waals surface area contributed by atoms with E-state index in [9.17, 15) is 13.2 Å². The van der Waals surface area contributed by atoms with Gasteiger partial charge >= 0.3 is 0 Å². The van der Waals surface area contributed by atoms with Crippen LogP contribution in [-0.4, -0.2) is 19.3 Å². The molecule has 0 radical (unpaired) electrons. The molecule has 6 rings (SSSR count). The normalized spacial score (nSPS) is 11.9. The zero-order valence-corrected chi connectivity index (χ0v) is 20.7. The van der Waals surface area contributed by atoms with Gasteiger partial charge in [0.05, 0.1) is 24.1 Å². The Kier molecular flexibility index (Phi) is 5.36. The molecule has 3 aromatic heterocycles. The SMILES string of the molecule is O=C(NCc1ccc(S(=O)(=O)c2cccc3c2sc2ccccc23)cc1)c1cc2ccncc2s1. The molecule has 5 nitrogen and oxygen atoms in total. The molecule has 0 bridgehead atoms. The third-order valence-corrected chi connectivity index (χ3v) is 10.1. The third-order valence-electron chi connectivity index (χ3n) is 5.89. The van der Waals surface area contributed by atoms with E-state index in [2.05, 4.69) is 10.3 Å². The minimum absolute atomic E-state index is 0.167. The van der Waals surface area contributed by atoms with Gasteiger partial charge in [0.15, 0.2) is 0 Å². The molecule has 0 saturated heterocycles. The Morgan fingerprint density at radius 3 is 2.49 bits per heavy atom. The first-order valence-electron chi connectivity index (χ1n) is 10.9. The molecule has 0 unspecified atom stereocenters. The molecule has 0 aliphatic rings. The average Bonchev–Trinajstić information content (AvgIpc) is 3.49. The zero-order valence-electron chi connectivity index (χ0n) is 18.3. The highest BCUT2D eigenvalue weighted by Crippen LogP contribution is 2.39. The van der Waals surface area contributed by atoms with Gasteiger partial charge in [-0.2, -0.15) is 0 Å². The molecule has 8 heteroatoms. The molecule has 3 heterocycles. The Morgan fingerprint density at radius 2 is 1.66 bits per heavy atom. The molecule has 3 aromatic carbocycles. The van der Waals surface area contributed by atoms with E-state index in [1.54, 1.807) is 48.8 Å². The van der Waals surface area contributed by atoms with E-state index in [0.29, 0.717) is 16.3 Å². The van der Waals surface area contributed by atoms with Gasteiger partial charge in [0.1, 0.15) is 0 Å². The second kappa shape index (κ2) is 8.57. The molecule has 0 spiro atoms. The van der Waals surface area contributed by atoms with Crippen LogP contribution in [0.2, 0.25) is 0 Å². The number of benzene rings is 3. The van der Waals surface area contributed by atoms with E-state index in [1.807, 2.05) is 42.5 Å². The van der Waals surface area contributed by atoms with Crippen LogP contribution in [-0.2, 0) is 16.4 Å². The highest BCUT2D eigenvalue weighted by Gasteiger charge is 2.22. The van der Waals surface area contributed by atoms with E-state index in [1.165, 1.54) is 22.7 Å². The van der Waals surface area contributed by atoms with E-state index >= 15 is 0 Å². The summed E-state index contributed by atoms with van der Waals surface area (Å²) in [5.74, 6) is -0.167. The van der Waals surface area contributed by atoms with Gasteiger partial charge < -0.3 is 5.32 Å². The fourth-order valence-electron chi connectivity index (χ4n) is 4.11. The summed E-state index contributed by atoms with van der Waals surface area (Å²) in [6.45, 7) is 0.303. The van der Waals surface area contributed by atoms with Crippen molar-refractivity contribution < 1.29 is 13.2 Å². The summed E-state index contributed by atoms with van der Waals surface area (Å²) < 4.78 is 29.8. The van der Waals surface area contributed by atoms with Crippen LogP contribution in [0.3, 0.4) is 0 Å². The average molecular weight is 515 g/mol. The van der Waals surface area contributed by atoms with Gasteiger partial charge in [0.25, 0.3) is 5.91 Å². The van der Waals surface area contributed by atoms with Gasteiger partial charge in [-0.25, -0.2) is 8.42 Å². The van der Waals surface area contributed by atoms with Gasteiger partial charge in [-0.05, 0) is 47.3 Å². The Balaban J connectivity index is 1.24. The molecular formula is C27H18N2O3S3. The fourth-order valence-corrected chi connectivity index (χ4v) is 7.98. The number of hydrogen-bond donors (Lipinski definition) is 1. The van der Waals surface area contributed by atoms with Crippen LogP contribution in [0.4, 0.5) is 0 Å². The van der Waals surface area contributed by atoms with Crippen LogP contribution >= 0.6 is 22.7 Å². The Morgan fingerprint density at radius 1 is 0.857 bits per heavy atom. The standard InChI is InChI=1S/C27H18N2O3S3/c30-27(23-14-18-12-13-28-16-24(18)33-23)29-15-17-8-10-19(11-9-17)35(31,32)25-7-3-5-21-20-4-1-2-6-22(20)34-26(21)25/h1-14,16H,15H2,(H,29,30). The van der Waals surface area contributed by atoms with E-state index in [0.717, 1.165) is 35.8 Å². The predicted octanol–water partition coefficient (Wildman–Crippen LogP) is 6.43. The molecule has 6 aromatic rings. The second-order valence-electron chi connectivity index (χ2n) is 8.09. The van der Waals surface area contributed by atoms with Crippen LogP contribution < -0.4 is 5.32 Å². The number of amides is 1. The van der Waals surface area contributed by atoms with Crippen molar-refractivity contribution in [3.63, 3.8) is 0 Å². The number of carbonyl (C=O) groups excluding carboxylic acids is 1. The summed E-state index contributed by atoms with van der Waals surface area (Å²) in [6, 6.07) is 23.8. The van der Waals surface area contributed by atoms with E-state index in [-0.39, 0.29) is 10.8 Å². The number of aromatic nitrogens is 1. The lowest BCUT2D eigenvalue weighted by atomic mass is 10.1. The maximum atomic E-state index is 13.5. The second-order valence-corrected chi connectivity index (χ2v) is 12.1. The number of carbonyl (C=O) groups is 1. The summed E-state index contributed by atoms with van der Waals surface area (Å²) in [5, 5.41) is 5.90. The molecule has 0 aliphatic heterocycles. The van der Waals surface area contributed by atoms with Crippen molar-refractivity contribution in [1.29, 1.82) is 0 Å². The number of hydrogen-bond acceptors (Lipinski definition) is 6. The van der Waals surface area contributed by atoms with Crippen molar-refractivity contribution in [1.82, 2.24) is 10.3 Å². The highest BCUT2D eigenvalue weighted by atomic mass is 32.2. The first kappa shape index (κ1) is 21.9. The van der Waals surface area contributed by atoms with Gasteiger partial charge in [0, 0.05) is 34.4 Å². The van der Waals surface area contributed by atoms with Crippen molar-refractivity contribution in [2.45, 2.75) is 16.3 Å². The molecular weight excluding hydrogens is 497 g/mol. The molecule has 0 aliphatic carbocycles. The number of sulfone groups is 1. The molecule has 0 atom stereocenters. The lowest BCUT2D eigenvalue weighted by Crippen LogP contribution is -2.21. The maximum Gasteiger partial charge on any atom is 0.261 e. The molecule has 0 saturated carbocycles.